The van der Waals surface area contributed by atoms with Crippen molar-refractivity contribution >= 4 is 11.9 Å². The molecule has 138 valence electrons. The van der Waals surface area contributed by atoms with Crippen molar-refractivity contribution in [1.82, 2.24) is 5.32 Å². The van der Waals surface area contributed by atoms with Crippen LogP contribution in [0.4, 0.5) is 0 Å². The van der Waals surface area contributed by atoms with Crippen LogP contribution in [0, 0.1) is 0 Å². The number of ether oxygens (including phenoxy) is 2. The number of rotatable bonds is 10. The van der Waals surface area contributed by atoms with Crippen LogP contribution in [0.2, 0.25) is 0 Å². The molecule has 2 aromatic rings. The number of benzene rings is 2. The van der Waals surface area contributed by atoms with Gasteiger partial charge in [0.1, 0.15) is 5.75 Å². The Morgan fingerprint density at radius 2 is 1.73 bits per heavy atom. The Morgan fingerprint density at radius 1 is 1.00 bits per heavy atom. The first kappa shape index (κ1) is 19.5. The quantitative estimate of drug-likeness (QED) is 0.524. The predicted octanol–water partition coefficient (Wildman–Crippen LogP) is 3.38. The summed E-state index contributed by atoms with van der Waals surface area (Å²) in [6.07, 6.45) is 2.61. The molecule has 0 unspecified atom stereocenters. The van der Waals surface area contributed by atoms with Gasteiger partial charge in [-0.1, -0.05) is 43.7 Å². The zero-order valence-corrected chi connectivity index (χ0v) is 15.1. The molecular formula is C21H25NO4. The van der Waals surface area contributed by atoms with Crippen LogP contribution in [0.25, 0.3) is 0 Å². The first-order valence-electron chi connectivity index (χ1n) is 8.89. The van der Waals surface area contributed by atoms with E-state index < -0.39 is 0 Å². The minimum Gasteiger partial charge on any atom is -0.482 e. The summed E-state index contributed by atoms with van der Waals surface area (Å²) in [5.41, 5.74) is 1.73. The Kier molecular flexibility index (Phi) is 8.19. The lowest BCUT2D eigenvalue weighted by atomic mass is 10.1. The number of hydrogen-bond donors (Lipinski definition) is 1. The average molecular weight is 355 g/mol. The van der Waals surface area contributed by atoms with Crippen LogP contribution in [0.1, 0.15) is 35.7 Å². The minimum atomic E-state index is -0.388. The summed E-state index contributed by atoms with van der Waals surface area (Å²) >= 11 is 0. The second-order valence-corrected chi connectivity index (χ2v) is 5.88. The summed E-state index contributed by atoms with van der Waals surface area (Å²) in [6.45, 7) is 2.89. The number of hydrogen-bond acceptors (Lipinski definition) is 4. The predicted molar refractivity (Wildman–Crippen MR) is 100 cm³/mol. The summed E-state index contributed by atoms with van der Waals surface area (Å²) < 4.78 is 10.4. The number of carbonyl (C=O) groups excluding carboxylic acids is 2. The van der Waals surface area contributed by atoms with E-state index in [2.05, 4.69) is 5.32 Å². The van der Waals surface area contributed by atoms with Gasteiger partial charge in [0.2, 0.25) is 0 Å². The molecule has 0 aliphatic heterocycles. The Morgan fingerprint density at radius 3 is 2.42 bits per heavy atom. The first-order valence-corrected chi connectivity index (χ1v) is 8.89. The van der Waals surface area contributed by atoms with Crippen molar-refractivity contribution in [3.05, 3.63) is 65.7 Å². The van der Waals surface area contributed by atoms with Crippen LogP contribution in [0.3, 0.4) is 0 Å². The summed E-state index contributed by atoms with van der Waals surface area (Å²) in [6, 6.07) is 16.7. The molecule has 0 heterocycles. The van der Waals surface area contributed by atoms with Crippen LogP contribution < -0.4 is 10.1 Å². The molecule has 2 rings (SSSR count). The highest BCUT2D eigenvalue weighted by atomic mass is 16.6. The Balaban J connectivity index is 1.72. The largest absolute Gasteiger partial charge is 0.482 e. The fourth-order valence-corrected chi connectivity index (χ4v) is 2.28. The van der Waals surface area contributed by atoms with Crippen molar-refractivity contribution in [1.29, 1.82) is 0 Å². The molecule has 1 N–H and O–H groups in total. The lowest BCUT2D eigenvalue weighted by Gasteiger charge is -2.08. The van der Waals surface area contributed by atoms with E-state index in [4.69, 9.17) is 9.47 Å². The van der Waals surface area contributed by atoms with E-state index in [9.17, 15) is 9.59 Å². The third kappa shape index (κ3) is 6.97. The fraction of sp³-hybridized carbons (Fsp3) is 0.333. The maximum atomic E-state index is 12.1. The summed E-state index contributed by atoms with van der Waals surface area (Å²) in [7, 11) is 0. The van der Waals surface area contributed by atoms with Gasteiger partial charge in [-0.15, -0.1) is 0 Å². The van der Waals surface area contributed by atoms with Crippen LogP contribution >= 0.6 is 0 Å². The molecule has 0 spiro atoms. The van der Waals surface area contributed by atoms with Crippen LogP contribution in [0.5, 0.6) is 5.75 Å². The molecule has 1 amide bonds. The SMILES string of the molecule is CCCCOC(=O)COc1ccc(C(=O)NCCc2ccccc2)cc1. The summed E-state index contributed by atoms with van der Waals surface area (Å²) in [5.74, 6) is 0.00548. The molecule has 5 nitrogen and oxygen atoms in total. The van der Waals surface area contributed by atoms with E-state index in [-0.39, 0.29) is 18.5 Å². The van der Waals surface area contributed by atoms with Gasteiger partial charge in [0.05, 0.1) is 6.61 Å². The zero-order valence-electron chi connectivity index (χ0n) is 15.1. The van der Waals surface area contributed by atoms with Crippen molar-refractivity contribution in [2.75, 3.05) is 19.8 Å². The van der Waals surface area contributed by atoms with Gasteiger partial charge in [0.25, 0.3) is 5.91 Å². The molecule has 0 saturated carbocycles. The monoisotopic (exact) mass is 355 g/mol. The smallest absolute Gasteiger partial charge is 0.344 e. The van der Waals surface area contributed by atoms with Gasteiger partial charge >= 0.3 is 5.97 Å². The molecule has 0 fully saturated rings. The van der Waals surface area contributed by atoms with E-state index in [0.29, 0.717) is 24.5 Å². The topological polar surface area (TPSA) is 64.6 Å². The van der Waals surface area contributed by atoms with E-state index in [1.165, 1.54) is 5.56 Å². The van der Waals surface area contributed by atoms with Gasteiger partial charge in [-0.25, -0.2) is 4.79 Å². The number of carbonyl (C=O) groups is 2. The second-order valence-electron chi connectivity index (χ2n) is 5.88. The standard InChI is InChI=1S/C21H25NO4/c1-2-3-15-25-20(23)16-26-19-11-9-18(10-12-19)21(24)22-14-13-17-7-5-4-6-8-17/h4-12H,2-3,13-16H2,1H3,(H,22,24). The van der Waals surface area contributed by atoms with Gasteiger partial charge in [-0.3, -0.25) is 4.79 Å². The van der Waals surface area contributed by atoms with Crippen molar-refractivity contribution in [3.63, 3.8) is 0 Å². The molecule has 2 aromatic carbocycles. The van der Waals surface area contributed by atoms with Crippen LogP contribution in [-0.4, -0.2) is 31.6 Å². The van der Waals surface area contributed by atoms with E-state index in [1.54, 1.807) is 24.3 Å². The fourth-order valence-electron chi connectivity index (χ4n) is 2.28. The third-order valence-corrected chi connectivity index (χ3v) is 3.78. The molecule has 0 saturated heterocycles. The molecule has 26 heavy (non-hydrogen) atoms. The molecule has 0 aliphatic rings. The molecule has 0 radical (unpaired) electrons. The molecular weight excluding hydrogens is 330 g/mol. The number of amides is 1. The number of esters is 1. The van der Waals surface area contributed by atoms with Crippen molar-refractivity contribution in [2.24, 2.45) is 0 Å². The van der Waals surface area contributed by atoms with Gasteiger partial charge in [-0.2, -0.15) is 0 Å². The Hall–Kier alpha value is -2.82. The summed E-state index contributed by atoms with van der Waals surface area (Å²) in [4.78, 5) is 23.6. The second kappa shape index (κ2) is 10.9. The maximum Gasteiger partial charge on any atom is 0.344 e. The normalized spacial score (nSPS) is 10.2. The van der Waals surface area contributed by atoms with Crippen LogP contribution in [0.15, 0.2) is 54.6 Å². The highest BCUT2D eigenvalue weighted by Gasteiger charge is 2.07. The van der Waals surface area contributed by atoms with Gasteiger partial charge in [-0.05, 0) is 42.7 Å². The molecule has 0 aromatic heterocycles. The number of unbranched alkanes of at least 4 members (excludes halogenated alkanes) is 1. The zero-order chi connectivity index (χ0) is 18.6. The van der Waals surface area contributed by atoms with Crippen LogP contribution in [-0.2, 0) is 16.0 Å². The highest BCUT2D eigenvalue weighted by molar-refractivity contribution is 5.94. The lowest BCUT2D eigenvalue weighted by molar-refractivity contribution is -0.146. The Labute approximate surface area is 154 Å². The Bertz CT molecular complexity index is 683. The van der Waals surface area contributed by atoms with E-state index in [1.807, 2.05) is 37.3 Å². The molecule has 0 aliphatic carbocycles. The summed E-state index contributed by atoms with van der Waals surface area (Å²) in [5, 5.41) is 2.89. The van der Waals surface area contributed by atoms with Gasteiger partial charge in [0.15, 0.2) is 6.61 Å². The molecule has 0 bridgehead atoms. The van der Waals surface area contributed by atoms with Crippen molar-refractivity contribution in [3.8, 4) is 5.75 Å². The van der Waals surface area contributed by atoms with Crippen molar-refractivity contribution in [2.45, 2.75) is 26.2 Å². The molecule has 0 atom stereocenters. The van der Waals surface area contributed by atoms with E-state index in [0.717, 1.165) is 19.3 Å². The number of nitrogens with one attached hydrogen (secondary N) is 1. The maximum absolute atomic E-state index is 12.1. The highest BCUT2D eigenvalue weighted by Crippen LogP contribution is 2.12. The van der Waals surface area contributed by atoms with Gasteiger partial charge in [0, 0.05) is 12.1 Å². The van der Waals surface area contributed by atoms with E-state index >= 15 is 0 Å². The lowest BCUT2D eigenvalue weighted by Crippen LogP contribution is -2.25. The molecule has 5 heteroatoms. The minimum absolute atomic E-state index is 0.133. The third-order valence-electron chi connectivity index (χ3n) is 3.78. The van der Waals surface area contributed by atoms with Gasteiger partial charge < -0.3 is 14.8 Å². The first-order chi connectivity index (χ1) is 12.7. The average Bonchev–Trinajstić information content (AvgIpc) is 2.68. The van der Waals surface area contributed by atoms with Crippen molar-refractivity contribution < 1.29 is 19.1 Å².